The van der Waals surface area contributed by atoms with Crippen LogP contribution in [0, 0.1) is 0 Å². The minimum Gasteiger partial charge on any atom is -0.495 e. The van der Waals surface area contributed by atoms with Crippen LogP contribution >= 0.6 is 11.6 Å². The molecule has 7 nitrogen and oxygen atoms in total. The summed E-state index contributed by atoms with van der Waals surface area (Å²) in [6.45, 7) is 1.78. The Labute approximate surface area is 185 Å². The third-order valence-electron chi connectivity index (χ3n) is 5.53. The lowest BCUT2D eigenvalue weighted by atomic mass is 10.1. The summed E-state index contributed by atoms with van der Waals surface area (Å²) < 4.78 is 13.1. The van der Waals surface area contributed by atoms with Crippen LogP contribution in [0.4, 0.5) is 5.82 Å². The van der Waals surface area contributed by atoms with Gasteiger partial charge in [-0.25, -0.2) is 14.5 Å². The van der Waals surface area contributed by atoms with Gasteiger partial charge in [0.2, 0.25) is 5.88 Å². The Bertz CT molecular complexity index is 1170. The molecule has 5 rings (SSSR count). The second-order valence-corrected chi connectivity index (χ2v) is 7.86. The quantitative estimate of drug-likeness (QED) is 0.460. The summed E-state index contributed by atoms with van der Waals surface area (Å²) in [6, 6.07) is 11.8. The summed E-state index contributed by atoms with van der Waals surface area (Å²) in [5.41, 5.74) is 2.73. The van der Waals surface area contributed by atoms with E-state index >= 15 is 0 Å². The van der Waals surface area contributed by atoms with Gasteiger partial charge in [0.25, 0.3) is 0 Å². The Morgan fingerprint density at radius 2 is 1.94 bits per heavy atom. The maximum absolute atomic E-state index is 6.38. The van der Waals surface area contributed by atoms with Crippen LogP contribution in [0.1, 0.15) is 12.8 Å². The number of ether oxygens (including phenoxy) is 2. The van der Waals surface area contributed by atoms with Crippen LogP contribution in [0.5, 0.6) is 11.6 Å². The largest absolute Gasteiger partial charge is 0.495 e. The van der Waals surface area contributed by atoms with Crippen molar-refractivity contribution >= 4 is 22.9 Å². The molecule has 0 spiro atoms. The van der Waals surface area contributed by atoms with E-state index < -0.39 is 0 Å². The standard InChI is InChI=1S/C23H22ClN5O2/c1-30-18-12-19(23-20(24)14-27-29(23)15-18)16-5-6-21(26-13-16)28-10-7-17(8-11-28)31-22-4-2-3-9-25-22/h2-6,9,12-15,17H,7-8,10-11H2,1H3. The average Bonchev–Trinajstić information content (AvgIpc) is 3.20. The van der Waals surface area contributed by atoms with Crippen LogP contribution in [0.25, 0.3) is 16.6 Å². The number of hydrogen-bond acceptors (Lipinski definition) is 6. The summed E-state index contributed by atoms with van der Waals surface area (Å²) >= 11 is 6.38. The van der Waals surface area contributed by atoms with Gasteiger partial charge in [0.1, 0.15) is 17.7 Å². The molecule has 1 aliphatic heterocycles. The molecule has 0 atom stereocenters. The Hall–Kier alpha value is -3.32. The fraction of sp³-hybridized carbons (Fsp3) is 0.261. The maximum Gasteiger partial charge on any atom is 0.213 e. The molecule has 4 aromatic rings. The molecular formula is C23H22ClN5O2. The molecule has 0 bridgehead atoms. The van der Waals surface area contributed by atoms with Gasteiger partial charge >= 0.3 is 0 Å². The number of pyridine rings is 3. The van der Waals surface area contributed by atoms with E-state index in [9.17, 15) is 0 Å². The predicted molar refractivity (Wildman–Crippen MR) is 120 cm³/mol. The molecule has 0 aliphatic carbocycles. The minimum absolute atomic E-state index is 0.180. The third kappa shape index (κ3) is 4.01. The second-order valence-electron chi connectivity index (χ2n) is 7.46. The summed E-state index contributed by atoms with van der Waals surface area (Å²) in [5, 5.41) is 4.89. The zero-order valence-corrected chi connectivity index (χ0v) is 17.9. The molecule has 1 fully saturated rings. The van der Waals surface area contributed by atoms with Crippen LogP contribution in [-0.2, 0) is 0 Å². The summed E-state index contributed by atoms with van der Waals surface area (Å²) in [5.74, 6) is 2.35. The molecule has 31 heavy (non-hydrogen) atoms. The SMILES string of the molecule is COc1cc(-c2ccc(N3CCC(Oc4ccccn4)CC3)nc2)c2c(Cl)cnn2c1. The van der Waals surface area contributed by atoms with Crippen molar-refractivity contribution in [1.82, 2.24) is 19.6 Å². The van der Waals surface area contributed by atoms with E-state index in [2.05, 4.69) is 27.1 Å². The number of anilines is 1. The molecule has 4 aromatic heterocycles. The molecule has 0 N–H and O–H groups in total. The molecule has 0 saturated carbocycles. The lowest BCUT2D eigenvalue weighted by Crippen LogP contribution is -2.38. The summed E-state index contributed by atoms with van der Waals surface area (Å²) in [4.78, 5) is 11.3. The fourth-order valence-corrected chi connectivity index (χ4v) is 4.15. The van der Waals surface area contributed by atoms with E-state index in [1.165, 1.54) is 0 Å². The van der Waals surface area contributed by atoms with Gasteiger partial charge in [-0.3, -0.25) is 0 Å². The highest BCUT2D eigenvalue weighted by Crippen LogP contribution is 2.33. The number of rotatable bonds is 5. The molecule has 1 aliphatic rings. The van der Waals surface area contributed by atoms with Gasteiger partial charge in [-0.1, -0.05) is 17.7 Å². The number of piperidine rings is 1. The number of methoxy groups -OCH3 is 1. The molecule has 1 saturated heterocycles. The van der Waals surface area contributed by atoms with Crippen molar-refractivity contribution in [2.24, 2.45) is 0 Å². The first-order valence-electron chi connectivity index (χ1n) is 10.2. The van der Waals surface area contributed by atoms with Crippen molar-refractivity contribution in [2.75, 3.05) is 25.1 Å². The van der Waals surface area contributed by atoms with Crippen LogP contribution in [0.3, 0.4) is 0 Å². The second kappa shape index (κ2) is 8.43. The fourth-order valence-electron chi connectivity index (χ4n) is 3.91. The minimum atomic E-state index is 0.180. The smallest absolute Gasteiger partial charge is 0.213 e. The van der Waals surface area contributed by atoms with Gasteiger partial charge < -0.3 is 14.4 Å². The topological polar surface area (TPSA) is 64.8 Å². The lowest BCUT2D eigenvalue weighted by Gasteiger charge is -2.32. The van der Waals surface area contributed by atoms with Gasteiger partial charge in [0, 0.05) is 55.5 Å². The Balaban J connectivity index is 1.31. The Kier molecular flexibility index (Phi) is 5.34. The van der Waals surface area contributed by atoms with Crippen LogP contribution in [0.15, 0.2) is 61.2 Å². The number of halogens is 1. The van der Waals surface area contributed by atoms with E-state index in [1.807, 2.05) is 36.7 Å². The van der Waals surface area contributed by atoms with Crippen molar-refractivity contribution in [3.8, 4) is 22.8 Å². The van der Waals surface area contributed by atoms with Crippen molar-refractivity contribution in [3.05, 3.63) is 66.2 Å². The van der Waals surface area contributed by atoms with Crippen molar-refractivity contribution in [3.63, 3.8) is 0 Å². The van der Waals surface area contributed by atoms with Crippen molar-refractivity contribution in [2.45, 2.75) is 18.9 Å². The van der Waals surface area contributed by atoms with E-state index in [0.717, 1.165) is 48.4 Å². The third-order valence-corrected chi connectivity index (χ3v) is 5.80. The molecule has 0 amide bonds. The van der Waals surface area contributed by atoms with Crippen LogP contribution in [0.2, 0.25) is 5.02 Å². The maximum atomic E-state index is 6.38. The summed E-state index contributed by atoms with van der Waals surface area (Å²) in [7, 11) is 1.64. The van der Waals surface area contributed by atoms with Gasteiger partial charge in [0.05, 0.1) is 30.0 Å². The van der Waals surface area contributed by atoms with Gasteiger partial charge in [-0.2, -0.15) is 5.10 Å². The zero-order chi connectivity index (χ0) is 21.2. The first kappa shape index (κ1) is 19.6. The van der Waals surface area contributed by atoms with E-state index in [-0.39, 0.29) is 6.10 Å². The highest BCUT2D eigenvalue weighted by molar-refractivity contribution is 6.34. The molecule has 0 aromatic carbocycles. The molecule has 158 valence electrons. The van der Waals surface area contributed by atoms with E-state index in [1.54, 1.807) is 24.0 Å². The van der Waals surface area contributed by atoms with Crippen molar-refractivity contribution in [1.29, 1.82) is 0 Å². The highest BCUT2D eigenvalue weighted by Gasteiger charge is 2.22. The molecule has 0 radical (unpaired) electrons. The van der Waals surface area contributed by atoms with E-state index in [0.29, 0.717) is 16.7 Å². The number of nitrogens with zero attached hydrogens (tertiary/aromatic N) is 5. The molecule has 5 heterocycles. The Morgan fingerprint density at radius 1 is 1.06 bits per heavy atom. The predicted octanol–water partition coefficient (Wildman–Crippen LogP) is 4.50. The monoisotopic (exact) mass is 435 g/mol. The van der Waals surface area contributed by atoms with Gasteiger partial charge in [-0.05, 0) is 24.3 Å². The Morgan fingerprint density at radius 3 is 2.65 bits per heavy atom. The number of fused-ring (bicyclic) bond motifs is 1. The average molecular weight is 436 g/mol. The van der Waals surface area contributed by atoms with Crippen LogP contribution < -0.4 is 14.4 Å². The van der Waals surface area contributed by atoms with Gasteiger partial charge in [-0.15, -0.1) is 0 Å². The van der Waals surface area contributed by atoms with Gasteiger partial charge in [0.15, 0.2) is 0 Å². The highest BCUT2D eigenvalue weighted by atomic mass is 35.5. The normalized spacial score (nSPS) is 14.7. The first-order chi connectivity index (χ1) is 15.2. The first-order valence-corrected chi connectivity index (χ1v) is 10.6. The summed E-state index contributed by atoms with van der Waals surface area (Å²) in [6.07, 6.45) is 9.12. The molecular weight excluding hydrogens is 414 g/mol. The van der Waals surface area contributed by atoms with Crippen LogP contribution in [-0.4, -0.2) is 45.9 Å². The molecule has 0 unspecified atom stereocenters. The lowest BCUT2D eigenvalue weighted by molar-refractivity contribution is 0.164. The van der Waals surface area contributed by atoms with Crippen molar-refractivity contribution < 1.29 is 9.47 Å². The molecule has 8 heteroatoms. The number of hydrogen-bond donors (Lipinski definition) is 0. The van der Waals surface area contributed by atoms with E-state index in [4.69, 9.17) is 26.1 Å². The zero-order valence-electron chi connectivity index (χ0n) is 17.1. The number of aromatic nitrogens is 4.